The summed E-state index contributed by atoms with van der Waals surface area (Å²) in [7, 11) is 0. The monoisotopic (exact) mass is 359 g/mol. The molecule has 0 bridgehead atoms. The van der Waals surface area contributed by atoms with E-state index in [0.717, 1.165) is 8.66 Å². The minimum atomic E-state index is -0.880. The highest BCUT2D eigenvalue weighted by molar-refractivity contribution is 9.11. The van der Waals surface area contributed by atoms with Crippen LogP contribution in [0, 0.1) is 5.41 Å². The summed E-state index contributed by atoms with van der Waals surface area (Å²) in [5, 5.41) is 11.9. The number of carbonyl (C=O) groups excluding carboxylic acids is 1. The number of thiophene rings is 1. The van der Waals surface area contributed by atoms with Crippen LogP contribution in [0.25, 0.3) is 6.08 Å². The fourth-order valence-corrected chi connectivity index (χ4v) is 3.10. The van der Waals surface area contributed by atoms with Gasteiger partial charge in [0.2, 0.25) is 5.91 Å². The third-order valence-corrected chi connectivity index (χ3v) is 4.99. The number of carbonyl (C=O) groups is 2. The highest BCUT2D eigenvalue weighted by atomic mass is 79.9. The highest BCUT2D eigenvalue weighted by Crippen LogP contribution is 2.26. The largest absolute Gasteiger partial charge is 0.481 e. The molecule has 110 valence electrons. The normalized spacial score (nSPS) is 11.8. The fourth-order valence-electron chi connectivity index (χ4n) is 1.77. The Balaban J connectivity index is 2.58. The minimum absolute atomic E-state index is 0.145. The molecule has 1 aromatic heterocycles. The van der Waals surface area contributed by atoms with Gasteiger partial charge in [0.1, 0.15) is 0 Å². The van der Waals surface area contributed by atoms with E-state index in [0.29, 0.717) is 12.8 Å². The predicted octanol–water partition coefficient (Wildman–Crippen LogP) is 3.53. The van der Waals surface area contributed by atoms with Crippen LogP contribution in [0.5, 0.6) is 0 Å². The number of hydrogen-bond donors (Lipinski definition) is 2. The van der Waals surface area contributed by atoms with Crippen molar-refractivity contribution in [2.24, 2.45) is 5.41 Å². The quantitative estimate of drug-likeness (QED) is 0.731. The van der Waals surface area contributed by atoms with E-state index < -0.39 is 11.4 Å². The Labute approximate surface area is 131 Å². The Morgan fingerprint density at radius 2 is 2.05 bits per heavy atom. The highest BCUT2D eigenvalue weighted by Gasteiger charge is 2.34. The first-order chi connectivity index (χ1) is 9.43. The molecule has 0 saturated carbocycles. The van der Waals surface area contributed by atoms with Gasteiger partial charge in [0.25, 0.3) is 0 Å². The number of rotatable bonds is 7. The molecule has 1 amide bonds. The molecule has 0 radical (unpaired) electrons. The molecular formula is C14H18BrNO3S. The second kappa shape index (κ2) is 7.59. The van der Waals surface area contributed by atoms with Gasteiger partial charge in [0.05, 0.1) is 9.20 Å². The van der Waals surface area contributed by atoms with Crippen LogP contribution in [0.15, 0.2) is 22.0 Å². The van der Waals surface area contributed by atoms with Crippen molar-refractivity contribution in [2.45, 2.75) is 26.7 Å². The number of amides is 1. The Morgan fingerprint density at radius 3 is 2.50 bits per heavy atom. The van der Waals surface area contributed by atoms with Gasteiger partial charge < -0.3 is 10.4 Å². The van der Waals surface area contributed by atoms with Crippen molar-refractivity contribution in [3.05, 3.63) is 26.9 Å². The number of carboxylic acid groups (broad SMARTS) is 1. The van der Waals surface area contributed by atoms with Crippen molar-refractivity contribution in [1.82, 2.24) is 5.32 Å². The van der Waals surface area contributed by atoms with Gasteiger partial charge in [-0.1, -0.05) is 13.8 Å². The molecule has 1 aromatic rings. The predicted molar refractivity (Wildman–Crippen MR) is 84.7 cm³/mol. The van der Waals surface area contributed by atoms with Crippen LogP contribution < -0.4 is 5.32 Å². The number of nitrogens with one attached hydrogen (secondary N) is 1. The lowest BCUT2D eigenvalue weighted by atomic mass is 9.82. The van der Waals surface area contributed by atoms with Gasteiger partial charge in [0, 0.05) is 17.5 Å². The van der Waals surface area contributed by atoms with Crippen molar-refractivity contribution in [1.29, 1.82) is 0 Å². The first kappa shape index (κ1) is 16.9. The van der Waals surface area contributed by atoms with Crippen molar-refractivity contribution < 1.29 is 14.7 Å². The molecule has 0 aromatic carbocycles. The van der Waals surface area contributed by atoms with Crippen LogP contribution >= 0.6 is 27.3 Å². The lowest BCUT2D eigenvalue weighted by Crippen LogP contribution is -2.41. The topological polar surface area (TPSA) is 66.4 Å². The summed E-state index contributed by atoms with van der Waals surface area (Å²) in [4.78, 5) is 24.0. The van der Waals surface area contributed by atoms with Crippen molar-refractivity contribution in [3.8, 4) is 0 Å². The van der Waals surface area contributed by atoms with Gasteiger partial charge >= 0.3 is 5.97 Å². The number of carboxylic acids is 1. The first-order valence-electron chi connectivity index (χ1n) is 6.38. The molecule has 1 rings (SSSR count). The standard InChI is InChI=1S/C14H18BrNO3S/c1-3-14(4-2,13(18)19)9-16-12(17)8-6-10-5-7-11(15)20-10/h5-8H,3-4,9H2,1-2H3,(H,16,17)(H,18,19)/b8-6+. The lowest BCUT2D eigenvalue weighted by Gasteiger charge is -2.26. The maximum atomic E-state index is 11.7. The van der Waals surface area contributed by atoms with Crippen molar-refractivity contribution >= 4 is 45.2 Å². The van der Waals surface area contributed by atoms with Crippen molar-refractivity contribution in [3.63, 3.8) is 0 Å². The Morgan fingerprint density at radius 1 is 1.40 bits per heavy atom. The Hall–Kier alpha value is -1.14. The zero-order valence-corrected chi connectivity index (χ0v) is 13.9. The lowest BCUT2D eigenvalue weighted by molar-refractivity contribution is -0.149. The zero-order chi connectivity index (χ0) is 15.2. The van der Waals surface area contributed by atoms with Crippen LogP contribution in [0.3, 0.4) is 0 Å². The summed E-state index contributed by atoms with van der Waals surface area (Å²) in [5.74, 6) is -1.14. The van der Waals surface area contributed by atoms with E-state index in [4.69, 9.17) is 0 Å². The summed E-state index contributed by atoms with van der Waals surface area (Å²) in [6.45, 7) is 3.79. The Bertz CT molecular complexity index is 506. The minimum Gasteiger partial charge on any atom is -0.481 e. The first-order valence-corrected chi connectivity index (χ1v) is 7.99. The molecular weight excluding hydrogens is 342 g/mol. The SMILES string of the molecule is CCC(CC)(CNC(=O)/C=C/c1ccc(Br)s1)C(=O)O. The summed E-state index contributed by atoms with van der Waals surface area (Å²) in [6.07, 6.45) is 4.11. The molecule has 4 nitrogen and oxygen atoms in total. The van der Waals surface area contributed by atoms with Crippen LogP contribution in [-0.4, -0.2) is 23.5 Å². The molecule has 0 atom stereocenters. The van der Waals surface area contributed by atoms with Gasteiger partial charge in [-0.3, -0.25) is 9.59 Å². The van der Waals surface area contributed by atoms with Crippen LogP contribution in [0.4, 0.5) is 0 Å². The molecule has 0 unspecified atom stereocenters. The molecule has 6 heteroatoms. The van der Waals surface area contributed by atoms with E-state index >= 15 is 0 Å². The molecule has 20 heavy (non-hydrogen) atoms. The molecule has 0 aliphatic carbocycles. The summed E-state index contributed by atoms with van der Waals surface area (Å²) in [5.41, 5.74) is -0.880. The molecule has 0 saturated heterocycles. The van der Waals surface area contributed by atoms with E-state index in [2.05, 4.69) is 21.2 Å². The molecule has 0 aliphatic heterocycles. The number of halogens is 1. The van der Waals surface area contributed by atoms with Crippen LogP contribution in [-0.2, 0) is 9.59 Å². The smallest absolute Gasteiger partial charge is 0.311 e. The van der Waals surface area contributed by atoms with E-state index in [1.807, 2.05) is 26.0 Å². The summed E-state index contributed by atoms with van der Waals surface area (Å²) >= 11 is 4.87. The van der Waals surface area contributed by atoms with Crippen molar-refractivity contribution in [2.75, 3.05) is 6.54 Å². The average Bonchev–Trinajstić information content (AvgIpc) is 2.83. The fraction of sp³-hybridized carbons (Fsp3) is 0.429. The zero-order valence-electron chi connectivity index (χ0n) is 11.5. The van der Waals surface area contributed by atoms with E-state index in [-0.39, 0.29) is 12.5 Å². The molecule has 0 spiro atoms. The van der Waals surface area contributed by atoms with E-state index in [1.165, 1.54) is 17.4 Å². The molecule has 0 fully saturated rings. The van der Waals surface area contributed by atoms with Crippen LogP contribution in [0.2, 0.25) is 0 Å². The number of hydrogen-bond acceptors (Lipinski definition) is 3. The maximum Gasteiger partial charge on any atom is 0.311 e. The van der Waals surface area contributed by atoms with Gasteiger partial charge in [-0.15, -0.1) is 11.3 Å². The third-order valence-electron chi connectivity index (χ3n) is 3.40. The second-order valence-electron chi connectivity index (χ2n) is 4.49. The van der Waals surface area contributed by atoms with E-state index in [9.17, 15) is 14.7 Å². The van der Waals surface area contributed by atoms with E-state index in [1.54, 1.807) is 6.08 Å². The second-order valence-corrected chi connectivity index (χ2v) is 6.98. The molecule has 1 heterocycles. The summed E-state index contributed by atoms with van der Waals surface area (Å²) < 4.78 is 0.999. The third kappa shape index (κ3) is 4.45. The van der Waals surface area contributed by atoms with Crippen LogP contribution in [0.1, 0.15) is 31.6 Å². The maximum absolute atomic E-state index is 11.7. The number of aliphatic carboxylic acids is 1. The summed E-state index contributed by atoms with van der Waals surface area (Å²) in [6, 6.07) is 3.81. The van der Waals surface area contributed by atoms with Gasteiger partial charge in [-0.05, 0) is 47.0 Å². The van der Waals surface area contributed by atoms with Gasteiger partial charge in [0.15, 0.2) is 0 Å². The molecule has 0 aliphatic rings. The molecule has 2 N–H and O–H groups in total. The average molecular weight is 360 g/mol. The van der Waals surface area contributed by atoms with Gasteiger partial charge in [-0.2, -0.15) is 0 Å². The van der Waals surface area contributed by atoms with Gasteiger partial charge in [-0.25, -0.2) is 0 Å². The Kier molecular flexibility index (Phi) is 6.42.